The highest BCUT2D eigenvalue weighted by Crippen LogP contribution is 2.15. The van der Waals surface area contributed by atoms with Gasteiger partial charge in [-0.15, -0.1) is 0 Å². The number of hydrogen-bond donors (Lipinski definition) is 0. The fourth-order valence-electron chi connectivity index (χ4n) is 7.23. The van der Waals surface area contributed by atoms with Crippen LogP contribution in [0.1, 0.15) is 213 Å². The molecule has 0 radical (unpaired) electrons. The van der Waals surface area contributed by atoms with E-state index in [4.69, 9.17) is 14.2 Å². The Kier molecular flexibility index (Phi) is 42.5. The SMILES string of the molecule is CC/C=C\C/C=C\C/C=C\C/C=C\CCCCCCCCCCCCC(=O)OC(COCCC(C(=O)[O-])[N+](C)(C)C)COC(=O)CCCCCCC/C=C\CCCCCCCC. The molecule has 0 aliphatic heterocycles. The largest absolute Gasteiger partial charge is 0.544 e. The van der Waals surface area contributed by atoms with Gasteiger partial charge in [-0.25, -0.2) is 0 Å². The van der Waals surface area contributed by atoms with Crippen LogP contribution in [0.3, 0.4) is 0 Å². The van der Waals surface area contributed by atoms with E-state index in [1.165, 1.54) is 103 Å². The summed E-state index contributed by atoms with van der Waals surface area (Å²) < 4.78 is 17.2. The van der Waals surface area contributed by atoms with Crippen LogP contribution in [0.15, 0.2) is 60.8 Å². The molecule has 0 N–H and O–H groups in total. The topological polar surface area (TPSA) is 102 Å². The average Bonchev–Trinajstić information content (AvgIpc) is 3.23. The number of quaternary nitrogens is 1. The van der Waals surface area contributed by atoms with Gasteiger partial charge < -0.3 is 28.6 Å². The van der Waals surface area contributed by atoms with Gasteiger partial charge in [-0.2, -0.15) is 0 Å². The van der Waals surface area contributed by atoms with Gasteiger partial charge in [0.2, 0.25) is 0 Å². The monoisotopic (exact) mass is 870 g/mol. The first-order valence-electron chi connectivity index (χ1n) is 25.3. The number of rotatable bonds is 45. The number of esters is 2. The Morgan fingerprint density at radius 3 is 1.35 bits per heavy atom. The Hall–Kier alpha value is -2.97. The lowest BCUT2D eigenvalue weighted by Crippen LogP contribution is -2.55. The van der Waals surface area contributed by atoms with Crippen LogP contribution in [0.4, 0.5) is 0 Å². The second-order valence-electron chi connectivity index (χ2n) is 18.0. The van der Waals surface area contributed by atoms with E-state index in [2.05, 4.69) is 74.6 Å². The van der Waals surface area contributed by atoms with E-state index in [0.29, 0.717) is 12.8 Å². The lowest BCUT2D eigenvalue weighted by molar-refractivity contribution is -0.889. The summed E-state index contributed by atoms with van der Waals surface area (Å²) >= 11 is 0. The van der Waals surface area contributed by atoms with Crippen molar-refractivity contribution < 1.29 is 38.2 Å². The molecule has 0 saturated heterocycles. The number of carboxylic acids is 1. The number of ether oxygens (including phenoxy) is 3. The van der Waals surface area contributed by atoms with Crippen molar-refractivity contribution in [2.75, 3.05) is 41.0 Å². The first-order valence-corrected chi connectivity index (χ1v) is 25.3. The molecule has 8 nitrogen and oxygen atoms in total. The number of carbonyl (C=O) groups excluding carboxylic acids is 3. The molecule has 0 aliphatic carbocycles. The van der Waals surface area contributed by atoms with Gasteiger partial charge >= 0.3 is 11.9 Å². The summed E-state index contributed by atoms with van der Waals surface area (Å²) in [7, 11) is 5.41. The molecule has 0 bridgehead atoms. The molecule has 62 heavy (non-hydrogen) atoms. The fraction of sp³-hybridized carbons (Fsp3) is 0.759. The van der Waals surface area contributed by atoms with Gasteiger partial charge in [-0.3, -0.25) is 9.59 Å². The van der Waals surface area contributed by atoms with E-state index in [1.54, 1.807) is 21.1 Å². The normalized spacial score (nSPS) is 13.4. The third kappa shape index (κ3) is 42.3. The summed E-state index contributed by atoms with van der Waals surface area (Å²) in [6.45, 7) is 4.54. The zero-order valence-corrected chi connectivity index (χ0v) is 40.8. The minimum absolute atomic E-state index is 0.0355. The molecule has 0 aliphatic rings. The maximum absolute atomic E-state index is 12.8. The summed E-state index contributed by atoms with van der Waals surface area (Å²) in [6, 6.07) is -0.729. The smallest absolute Gasteiger partial charge is 0.306 e. The van der Waals surface area contributed by atoms with Crippen LogP contribution in [0, 0.1) is 0 Å². The van der Waals surface area contributed by atoms with Gasteiger partial charge in [-0.1, -0.05) is 177 Å². The minimum atomic E-state index is -1.13. The van der Waals surface area contributed by atoms with Crippen LogP contribution in [0.25, 0.3) is 0 Å². The zero-order valence-electron chi connectivity index (χ0n) is 40.8. The van der Waals surface area contributed by atoms with E-state index >= 15 is 0 Å². The van der Waals surface area contributed by atoms with Gasteiger partial charge in [0.15, 0.2) is 6.10 Å². The maximum Gasteiger partial charge on any atom is 0.306 e. The van der Waals surface area contributed by atoms with Crippen LogP contribution in [-0.4, -0.2) is 75.5 Å². The minimum Gasteiger partial charge on any atom is -0.544 e. The molecule has 0 amide bonds. The molecule has 0 aromatic heterocycles. The van der Waals surface area contributed by atoms with Crippen LogP contribution < -0.4 is 5.11 Å². The van der Waals surface area contributed by atoms with Crippen LogP contribution in [-0.2, 0) is 28.6 Å². The van der Waals surface area contributed by atoms with E-state index in [9.17, 15) is 19.5 Å². The number of carbonyl (C=O) groups is 3. The summed E-state index contributed by atoms with van der Waals surface area (Å²) in [4.78, 5) is 37.0. The zero-order chi connectivity index (χ0) is 45.6. The summed E-state index contributed by atoms with van der Waals surface area (Å²) in [5.74, 6) is -1.75. The molecular weight excluding hydrogens is 775 g/mol. The lowest BCUT2D eigenvalue weighted by atomic mass is 10.0. The van der Waals surface area contributed by atoms with Gasteiger partial charge in [0.05, 0.1) is 40.3 Å². The highest BCUT2D eigenvalue weighted by atomic mass is 16.6. The number of aliphatic carboxylic acids is 1. The standard InChI is InChI=1S/C54H95NO7/c1-6-8-10-12-14-16-18-20-22-23-24-25-26-27-28-29-31-33-35-37-39-41-43-45-53(57)62-50(48-60-47-46-51(54(58)59)55(3,4)5)49-61-52(56)44-42-40-38-36-34-32-30-21-19-17-15-13-11-9-7-2/h8,10,14,16,20-22,24-25,30,50-51H,6-7,9,11-13,15,17-19,23,26-29,31-49H2,1-5H3/b10-8-,16-14-,22-20-,25-24-,30-21-. The lowest BCUT2D eigenvalue weighted by Gasteiger charge is -2.34. The van der Waals surface area contributed by atoms with Crippen molar-refractivity contribution in [1.29, 1.82) is 0 Å². The number of likely N-dealkylation sites (N-methyl/N-ethyl adjacent to an activating group) is 1. The molecule has 0 spiro atoms. The Morgan fingerprint density at radius 1 is 0.500 bits per heavy atom. The van der Waals surface area contributed by atoms with Crippen molar-refractivity contribution in [2.45, 2.75) is 225 Å². The summed E-state index contributed by atoms with van der Waals surface area (Å²) in [5.41, 5.74) is 0. The van der Waals surface area contributed by atoms with Gasteiger partial charge in [0, 0.05) is 19.3 Å². The fourth-order valence-corrected chi connectivity index (χ4v) is 7.23. The number of carboxylic acid groups (broad SMARTS) is 1. The predicted octanol–water partition coefficient (Wildman–Crippen LogP) is 13.2. The Morgan fingerprint density at radius 2 is 0.903 bits per heavy atom. The average molecular weight is 870 g/mol. The van der Waals surface area contributed by atoms with E-state index < -0.39 is 18.1 Å². The Labute approximate surface area is 381 Å². The quantitative estimate of drug-likeness (QED) is 0.0260. The second-order valence-corrected chi connectivity index (χ2v) is 18.0. The van der Waals surface area contributed by atoms with Crippen LogP contribution >= 0.6 is 0 Å². The number of nitrogens with zero attached hydrogens (tertiary/aromatic N) is 1. The molecule has 0 heterocycles. The first-order chi connectivity index (χ1) is 30.1. The van der Waals surface area contributed by atoms with Gasteiger partial charge in [0.1, 0.15) is 12.6 Å². The molecule has 0 saturated carbocycles. The molecule has 8 heteroatoms. The first kappa shape index (κ1) is 59.0. The molecule has 0 aromatic carbocycles. The maximum atomic E-state index is 12.8. The van der Waals surface area contributed by atoms with Gasteiger partial charge in [-0.05, 0) is 77.0 Å². The molecule has 2 atom stereocenters. The molecule has 0 fully saturated rings. The Balaban J connectivity index is 4.25. The molecular formula is C54H95NO7. The van der Waals surface area contributed by atoms with Crippen LogP contribution in [0.5, 0.6) is 0 Å². The van der Waals surface area contributed by atoms with Crippen molar-refractivity contribution in [3.05, 3.63) is 60.8 Å². The molecule has 0 aromatic rings. The van der Waals surface area contributed by atoms with Crippen LogP contribution in [0.2, 0.25) is 0 Å². The number of hydrogen-bond acceptors (Lipinski definition) is 7. The number of unbranched alkanes of at least 4 members (excludes halogenated alkanes) is 21. The van der Waals surface area contributed by atoms with E-state index in [0.717, 1.165) is 77.0 Å². The van der Waals surface area contributed by atoms with Crippen molar-refractivity contribution in [3.63, 3.8) is 0 Å². The highest BCUT2D eigenvalue weighted by molar-refractivity contribution is 5.70. The number of allylic oxidation sites excluding steroid dienone is 10. The Bertz CT molecular complexity index is 1200. The molecule has 358 valence electrons. The summed E-state index contributed by atoms with van der Waals surface area (Å²) in [6.07, 6.45) is 55.3. The van der Waals surface area contributed by atoms with Gasteiger partial charge in [0.25, 0.3) is 0 Å². The molecule has 0 rings (SSSR count). The van der Waals surface area contributed by atoms with Crippen molar-refractivity contribution >= 4 is 17.9 Å². The predicted molar refractivity (Wildman–Crippen MR) is 259 cm³/mol. The third-order valence-corrected chi connectivity index (χ3v) is 11.1. The van der Waals surface area contributed by atoms with E-state index in [1.807, 2.05) is 0 Å². The van der Waals surface area contributed by atoms with E-state index in [-0.39, 0.29) is 42.7 Å². The summed E-state index contributed by atoms with van der Waals surface area (Å²) in [5, 5.41) is 11.7. The highest BCUT2D eigenvalue weighted by Gasteiger charge is 2.25. The van der Waals surface area contributed by atoms with Crippen molar-refractivity contribution in [1.82, 2.24) is 0 Å². The van der Waals surface area contributed by atoms with Crippen molar-refractivity contribution in [3.8, 4) is 0 Å². The molecule has 2 unspecified atom stereocenters. The second kappa shape index (κ2) is 44.6. The van der Waals surface area contributed by atoms with Crippen molar-refractivity contribution in [2.24, 2.45) is 0 Å². The third-order valence-electron chi connectivity index (χ3n) is 11.1.